The first-order chi connectivity index (χ1) is 14.5. The average molecular weight is 439 g/mol. The summed E-state index contributed by atoms with van der Waals surface area (Å²) in [4.78, 5) is 25.4. The van der Waals surface area contributed by atoms with Gasteiger partial charge < -0.3 is 10.6 Å². The van der Waals surface area contributed by atoms with Crippen molar-refractivity contribution >= 4 is 41.1 Å². The molecule has 0 radical (unpaired) electrons. The van der Waals surface area contributed by atoms with Crippen molar-refractivity contribution < 1.29 is 9.59 Å². The second-order valence-corrected chi connectivity index (χ2v) is 7.38. The van der Waals surface area contributed by atoms with Crippen LogP contribution < -0.4 is 10.6 Å². The van der Waals surface area contributed by atoms with Crippen LogP contribution in [-0.4, -0.2) is 18.4 Å². The molecule has 0 aliphatic carbocycles. The van der Waals surface area contributed by atoms with E-state index >= 15 is 0 Å². The molecule has 0 unspecified atom stereocenters. The molecule has 30 heavy (non-hydrogen) atoms. The number of carbonyl (C=O) groups is 2. The molecule has 3 rings (SSSR count). The van der Waals surface area contributed by atoms with Crippen LogP contribution in [-0.2, 0) is 11.2 Å². The standard InChI is InChI=1S/C24H20Cl2N2O2/c25-20-12-11-19(21(26)16-20)15-22(28-23(29)18-9-5-2-6-10-18)24(30)27-14-13-17-7-3-1-4-8-17/h1-12,15-16H,13-14H2,(H,27,30)(H,28,29)/b22-15+. The molecule has 2 N–H and O–H groups in total. The minimum absolute atomic E-state index is 0.0983. The van der Waals surface area contributed by atoms with E-state index in [0.29, 0.717) is 34.1 Å². The fourth-order valence-corrected chi connectivity index (χ4v) is 3.24. The highest BCUT2D eigenvalue weighted by atomic mass is 35.5. The lowest BCUT2D eigenvalue weighted by atomic mass is 10.1. The Bertz CT molecular complexity index is 1050. The fraction of sp³-hybridized carbons (Fsp3) is 0.0833. The van der Waals surface area contributed by atoms with Crippen LogP contribution in [0.1, 0.15) is 21.5 Å². The molecule has 0 saturated heterocycles. The van der Waals surface area contributed by atoms with Crippen molar-refractivity contribution in [3.05, 3.63) is 111 Å². The van der Waals surface area contributed by atoms with E-state index in [0.717, 1.165) is 5.56 Å². The summed E-state index contributed by atoms with van der Waals surface area (Å²) >= 11 is 12.2. The lowest BCUT2D eigenvalue weighted by Gasteiger charge is -2.12. The van der Waals surface area contributed by atoms with Gasteiger partial charge in [-0.15, -0.1) is 0 Å². The molecule has 0 bridgehead atoms. The zero-order valence-electron chi connectivity index (χ0n) is 16.1. The van der Waals surface area contributed by atoms with Gasteiger partial charge in [0.15, 0.2) is 0 Å². The Morgan fingerprint density at radius 3 is 2.20 bits per heavy atom. The van der Waals surface area contributed by atoms with Gasteiger partial charge in [-0.1, -0.05) is 77.8 Å². The first-order valence-electron chi connectivity index (χ1n) is 9.38. The fourth-order valence-electron chi connectivity index (χ4n) is 2.78. The minimum Gasteiger partial charge on any atom is -0.350 e. The highest BCUT2D eigenvalue weighted by Gasteiger charge is 2.15. The topological polar surface area (TPSA) is 58.2 Å². The molecule has 0 aliphatic rings. The molecule has 4 nitrogen and oxygen atoms in total. The van der Waals surface area contributed by atoms with E-state index in [9.17, 15) is 9.59 Å². The molecule has 2 amide bonds. The maximum atomic E-state index is 12.8. The van der Waals surface area contributed by atoms with Crippen molar-refractivity contribution in [3.63, 3.8) is 0 Å². The average Bonchev–Trinajstić information content (AvgIpc) is 2.76. The lowest BCUT2D eigenvalue weighted by Crippen LogP contribution is -2.35. The quantitative estimate of drug-likeness (QED) is 0.502. The molecule has 0 heterocycles. The molecular formula is C24H20Cl2N2O2. The highest BCUT2D eigenvalue weighted by Crippen LogP contribution is 2.23. The second-order valence-electron chi connectivity index (χ2n) is 6.54. The van der Waals surface area contributed by atoms with Crippen molar-refractivity contribution in [2.45, 2.75) is 6.42 Å². The van der Waals surface area contributed by atoms with E-state index in [1.807, 2.05) is 36.4 Å². The monoisotopic (exact) mass is 438 g/mol. The molecule has 3 aromatic carbocycles. The van der Waals surface area contributed by atoms with Gasteiger partial charge in [0, 0.05) is 22.2 Å². The molecular weight excluding hydrogens is 419 g/mol. The van der Waals surface area contributed by atoms with Gasteiger partial charge >= 0.3 is 0 Å². The van der Waals surface area contributed by atoms with Crippen molar-refractivity contribution in [2.24, 2.45) is 0 Å². The van der Waals surface area contributed by atoms with Gasteiger partial charge in [0.05, 0.1) is 0 Å². The number of carbonyl (C=O) groups excluding carboxylic acids is 2. The van der Waals surface area contributed by atoms with Crippen LogP contribution in [0.15, 0.2) is 84.6 Å². The summed E-state index contributed by atoms with van der Waals surface area (Å²) in [6.07, 6.45) is 2.21. The number of benzene rings is 3. The Morgan fingerprint density at radius 1 is 0.867 bits per heavy atom. The highest BCUT2D eigenvalue weighted by molar-refractivity contribution is 6.35. The van der Waals surface area contributed by atoms with E-state index in [4.69, 9.17) is 23.2 Å². The normalized spacial score (nSPS) is 11.1. The molecule has 0 saturated carbocycles. The van der Waals surface area contributed by atoms with Gasteiger partial charge in [-0.25, -0.2) is 0 Å². The van der Waals surface area contributed by atoms with E-state index < -0.39 is 5.91 Å². The number of nitrogens with one attached hydrogen (secondary N) is 2. The predicted molar refractivity (Wildman–Crippen MR) is 122 cm³/mol. The molecule has 6 heteroatoms. The van der Waals surface area contributed by atoms with Crippen LogP contribution in [0, 0.1) is 0 Å². The van der Waals surface area contributed by atoms with Gasteiger partial charge in [0.2, 0.25) is 0 Å². The smallest absolute Gasteiger partial charge is 0.267 e. The molecule has 0 fully saturated rings. The SMILES string of the molecule is O=C(NCCc1ccccc1)/C(=C\c1ccc(Cl)cc1Cl)NC(=O)c1ccccc1. The molecule has 0 spiro atoms. The van der Waals surface area contributed by atoms with Crippen LogP contribution in [0.2, 0.25) is 10.0 Å². The zero-order chi connectivity index (χ0) is 21.3. The summed E-state index contributed by atoms with van der Waals surface area (Å²) < 4.78 is 0. The first kappa shape index (κ1) is 21.6. The van der Waals surface area contributed by atoms with Crippen LogP contribution >= 0.6 is 23.2 Å². The van der Waals surface area contributed by atoms with Gasteiger partial charge in [-0.05, 0) is 47.9 Å². The third kappa shape index (κ3) is 6.21. The molecule has 152 valence electrons. The third-order valence-corrected chi connectivity index (χ3v) is 4.90. The van der Waals surface area contributed by atoms with Crippen molar-refractivity contribution in [1.82, 2.24) is 10.6 Å². The van der Waals surface area contributed by atoms with Gasteiger partial charge in [-0.3, -0.25) is 9.59 Å². The number of hydrogen-bond donors (Lipinski definition) is 2. The van der Waals surface area contributed by atoms with E-state index in [1.54, 1.807) is 42.5 Å². The summed E-state index contributed by atoms with van der Waals surface area (Å²) in [6, 6.07) is 23.5. The Hall–Kier alpha value is -3.08. The van der Waals surface area contributed by atoms with Gasteiger partial charge in [0.25, 0.3) is 11.8 Å². The predicted octanol–water partition coefficient (Wildman–Crippen LogP) is 5.12. The lowest BCUT2D eigenvalue weighted by molar-refractivity contribution is -0.117. The largest absolute Gasteiger partial charge is 0.350 e. The van der Waals surface area contributed by atoms with Crippen LogP contribution in [0.4, 0.5) is 0 Å². The van der Waals surface area contributed by atoms with E-state index in [1.165, 1.54) is 6.08 Å². The number of amides is 2. The number of hydrogen-bond acceptors (Lipinski definition) is 2. The Labute approximate surface area is 185 Å². The van der Waals surface area contributed by atoms with Crippen LogP contribution in [0.25, 0.3) is 6.08 Å². The van der Waals surface area contributed by atoms with E-state index in [2.05, 4.69) is 10.6 Å². The minimum atomic E-state index is -0.402. The maximum absolute atomic E-state index is 12.8. The summed E-state index contributed by atoms with van der Waals surface area (Å²) in [6.45, 7) is 0.426. The van der Waals surface area contributed by atoms with Gasteiger partial charge in [0.1, 0.15) is 5.70 Å². The van der Waals surface area contributed by atoms with Gasteiger partial charge in [-0.2, -0.15) is 0 Å². The summed E-state index contributed by atoms with van der Waals surface area (Å²) in [5.41, 5.74) is 2.23. The first-order valence-corrected chi connectivity index (χ1v) is 10.1. The summed E-state index contributed by atoms with van der Waals surface area (Å²) in [5, 5.41) is 6.40. The third-order valence-electron chi connectivity index (χ3n) is 4.33. The molecule has 0 aliphatic heterocycles. The zero-order valence-corrected chi connectivity index (χ0v) is 17.6. The Morgan fingerprint density at radius 2 is 1.53 bits per heavy atom. The number of halogens is 2. The Balaban J connectivity index is 1.78. The number of rotatable bonds is 7. The van der Waals surface area contributed by atoms with Crippen LogP contribution in [0.3, 0.4) is 0 Å². The molecule has 0 aromatic heterocycles. The molecule has 3 aromatic rings. The van der Waals surface area contributed by atoms with Crippen molar-refractivity contribution in [3.8, 4) is 0 Å². The Kier molecular flexibility index (Phi) is 7.66. The molecule has 0 atom stereocenters. The maximum Gasteiger partial charge on any atom is 0.267 e. The van der Waals surface area contributed by atoms with Crippen LogP contribution in [0.5, 0.6) is 0 Å². The van der Waals surface area contributed by atoms with E-state index in [-0.39, 0.29) is 11.6 Å². The van der Waals surface area contributed by atoms with Crippen molar-refractivity contribution in [2.75, 3.05) is 6.54 Å². The second kappa shape index (κ2) is 10.6. The summed E-state index contributed by atoms with van der Waals surface area (Å²) in [5.74, 6) is -0.786. The van der Waals surface area contributed by atoms with Crippen molar-refractivity contribution in [1.29, 1.82) is 0 Å². The summed E-state index contributed by atoms with van der Waals surface area (Å²) in [7, 11) is 0.